The van der Waals surface area contributed by atoms with E-state index < -0.39 is 0 Å². The zero-order chi connectivity index (χ0) is 6.81. The Labute approximate surface area is 57.3 Å². The minimum atomic E-state index is 0.581. The van der Waals surface area contributed by atoms with Crippen molar-refractivity contribution in [1.29, 1.82) is 0 Å². The lowest BCUT2D eigenvalue weighted by Gasteiger charge is -1.88. The molecule has 0 saturated carbocycles. The number of hydrogen-bond acceptors (Lipinski definition) is 3. The molecule has 49 valence electrons. The maximum atomic E-state index is 4.94. The maximum absolute atomic E-state index is 4.94. The van der Waals surface area contributed by atoms with Gasteiger partial charge in [-0.2, -0.15) is 0 Å². The molecule has 0 fully saturated rings. The van der Waals surface area contributed by atoms with E-state index in [1.54, 1.807) is 18.6 Å². The largest absolute Gasteiger partial charge is 0.440 e. The first kappa shape index (κ1) is 5.22. The Morgan fingerprint density at radius 1 is 1.30 bits per heavy atom. The van der Waals surface area contributed by atoms with Crippen LogP contribution < -0.4 is 5.32 Å². The molecule has 4 nitrogen and oxygen atoms in total. The highest BCUT2D eigenvalue weighted by atomic mass is 16.3. The van der Waals surface area contributed by atoms with Crippen LogP contribution in [0.4, 0.5) is 0 Å². The number of amidine groups is 1. The standard InChI is InChI=1S/C6H4N3O/c1-2-9-6(8-1)5-3-7-4-10-5/h1-4H. The second-order valence-corrected chi connectivity index (χ2v) is 1.75. The summed E-state index contributed by atoms with van der Waals surface area (Å²) < 4.78 is 4.94. The lowest BCUT2D eigenvalue weighted by Crippen LogP contribution is -2.05. The molecule has 0 atom stereocenters. The first-order valence-corrected chi connectivity index (χ1v) is 2.79. The fourth-order valence-corrected chi connectivity index (χ4v) is 0.695. The SMILES string of the molecule is C1=CN=C(c2cnco2)[N]1. The molecule has 0 N–H and O–H groups in total. The molecule has 0 spiro atoms. The molecule has 0 amide bonds. The topological polar surface area (TPSA) is 52.5 Å². The van der Waals surface area contributed by atoms with Crippen molar-refractivity contribution in [3.8, 4) is 0 Å². The van der Waals surface area contributed by atoms with Gasteiger partial charge in [-0.25, -0.2) is 15.3 Å². The van der Waals surface area contributed by atoms with E-state index in [1.165, 1.54) is 6.39 Å². The van der Waals surface area contributed by atoms with E-state index in [1.807, 2.05) is 0 Å². The molecule has 0 aliphatic carbocycles. The van der Waals surface area contributed by atoms with Gasteiger partial charge in [0, 0.05) is 12.4 Å². The molecular weight excluding hydrogens is 130 g/mol. The fourth-order valence-electron chi connectivity index (χ4n) is 0.695. The molecule has 2 heterocycles. The van der Waals surface area contributed by atoms with Gasteiger partial charge in [0.2, 0.25) is 0 Å². The number of aliphatic imine (C=N–C) groups is 1. The molecule has 1 aliphatic rings. The second-order valence-electron chi connectivity index (χ2n) is 1.75. The predicted molar refractivity (Wildman–Crippen MR) is 34.3 cm³/mol. The van der Waals surface area contributed by atoms with E-state index in [-0.39, 0.29) is 0 Å². The van der Waals surface area contributed by atoms with Crippen LogP contribution in [0.5, 0.6) is 0 Å². The van der Waals surface area contributed by atoms with Crippen molar-refractivity contribution in [3.63, 3.8) is 0 Å². The number of oxazole rings is 1. The van der Waals surface area contributed by atoms with Gasteiger partial charge in [-0.3, -0.25) is 0 Å². The van der Waals surface area contributed by atoms with Gasteiger partial charge in [-0.15, -0.1) is 0 Å². The Morgan fingerprint density at radius 2 is 2.30 bits per heavy atom. The molecule has 0 saturated heterocycles. The molecule has 4 heteroatoms. The van der Waals surface area contributed by atoms with Crippen LogP contribution in [0.3, 0.4) is 0 Å². The summed E-state index contributed by atoms with van der Waals surface area (Å²) in [6, 6.07) is 0. The Morgan fingerprint density at radius 3 is 2.90 bits per heavy atom. The lowest BCUT2D eigenvalue weighted by atomic mass is 10.5. The average Bonchev–Trinajstić information content (AvgIpc) is 2.59. The molecule has 1 aliphatic heterocycles. The zero-order valence-electron chi connectivity index (χ0n) is 5.06. The molecule has 0 aromatic carbocycles. The highest BCUT2D eigenvalue weighted by Crippen LogP contribution is 2.02. The van der Waals surface area contributed by atoms with E-state index in [4.69, 9.17) is 4.42 Å². The van der Waals surface area contributed by atoms with Gasteiger partial charge >= 0.3 is 0 Å². The summed E-state index contributed by atoms with van der Waals surface area (Å²) in [5.74, 6) is 1.18. The predicted octanol–water partition coefficient (Wildman–Crippen LogP) is 0.510. The van der Waals surface area contributed by atoms with E-state index >= 15 is 0 Å². The van der Waals surface area contributed by atoms with Crippen molar-refractivity contribution in [3.05, 3.63) is 30.8 Å². The van der Waals surface area contributed by atoms with E-state index in [2.05, 4.69) is 15.3 Å². The molecule has 2 rings (SSSR count). The molecule has 1 radical (unpaired) electrons. The number of hydrogen-bond donors (Lipinski definition) is 0. The van der Waals surface area contributed by atoms with Gasteiger partial charge in [0.15, 0.2) is 18.0 Å². The van der Waals surface area contributed by atoms with Crippen LogP contribution in [-0.4, -0.2) is 10.8 Å². The number of rotatable bonds is 1. The Bertz CT molecular complexity index is 273. The normalized spacial score (nSPS) is 15.0. The van der Waals surface area contributed by atoms with Gasteiger partial charge in [0.1, 0.15) is 0 Å². The molecular formula is C6H4N3O. The van der Waals surface area contributed by atoms with Gasteiger partial charge in [0.05, 0.1) is 6.20 Å². The third-order valence-corrected chi connectivity index (χ3v) is 1.11. The molecule has 1 aromatic heterocycles. The molecule has 0 bridgehead atoms. The third kappa shape index (κ3) is 0.699. The number of nitrogens with zero attached hydrogens (tertiary/aromatic N) is 3. The van der Waals surface area contributed by atoms with Crippen LogP contribution in [0.15, 0.2) is 34.4 Å². The summed E-state index contributed by atoms with van der Waals surface area (Å²) in [5, 5.41) is 3.91. The van der Waals surface area contributed by atoms with E-state index in [9.17, 15) is 0 Å². The average molecular weight is 134 g/mol. The fraction of sp³-hybridized carbons (Fsp3) is 0. The Balaban J connectivity index is 2.30. The van der Waals surface area contributed by atoms with Gasteiger partial charge in [-0.1, -0.05) is 0 Å². The van der Waals surface area contributed by atoms with Crippen LogP contribution in [0.1, 0.15) is 5.76 Å². The molecule has 1 aromatic rings. The van der Waals surface area contributed by atoms with Crippen molar-refractivity contribution in [2.24, 2.45) is 4.99 Å². The highest BCUT2D eigenvalue weighted by molar-refractivity contribution is 5.97. The first-order valence-electron chi connectivity index (χ1n) is 2.79. The van der Waals surface area contributed by atoms with E-state index in [0.717, 1.165) is 0 Å². The molecule has 0 unspecified atom stereocenters. The van der Waals surface area contributed by atoms with Crippen LogP contribution in [0.2, 0.25) is 0 Å². The monoisotopic (exact) mass is 134 g/mol. The summed E-state index contributed by atoms with van der Waals surface area (Å²) in [4.78, 5) is 7.65. The second kappa shape index (κ2) is 1.98. The van der Waals surface area contributed by atoms with Crippen molar-refractivity contribution < 1.29 is 4.42 Å². The molecule has 10 heavy (non-hydrogen) atoms. The summed E-state index contributed by atoms with van der Waals surface area (Å²) in [7, 11) is 0. The highest BCUT2D eigenvalue weighted by Gasteiger charge is 2.08. The smallest absolute Gasteiger partial charge is 0.197 e. The van der Waals surface area contributed by atoms with Gasteiger partial charge < -0.3 is 4.42 Å². The summed E-state index contributed by atoms with van der Waals surface area (Å²) in [6.07, 6.45) is 6.15. The third-order valence-electron chi connectivity index (χ3n) is 1.11. The van der Waals surface area contributed by atoms with Crippen molar-refractivity contribution in [1.82, 2.24) is 10.3 Å². The van der Waals surface area contributed by atoms with Crippen LogP contribution >= 0.6 is 0 Å². The zero-order valence-corrected chi connectivity index (χ0v) is 5.06. The summed E-state index contributed by atoms with van der Waals surface area (Å²) in [5.41, 5.74) is 0. The number of aromatic nitrogens is 1. The quantitative estimate of drug-likeness (QED) is 0.561. The van der Waals surface area contributed by atoms with Gasteiger partial charge in [-0.05, 0) is 0 Å². The van der Waals surface area contributed by atoms with Crippen LogP contribution in [0, 0.1) is 0 Å². The minimum absolute atomic E-state index is 0.581. The first-order chi connectivity index (χ1) is 4.97. The summed E-state index contributed by atoms with van der Waals surface area (Å²) in [6.45, 7) is 0. The van der Waals surface area contributed by atoms with Crippen molar-refractivity contribution >= 4 is 5.84 Å². The van der Waals surface area contributed by atoms with Crippen LogP contribution in [0.25, 0.3) is 0 Å². The van der Waals surface area contributed by atoms with Crippen LogP contribution in [-0.2, 0) is 0 Å². The Kier molecular flexibility index (Phi) is 1.04. The lowest BCUT2D eigenvalue weighted by molar-refractivity contribution is 0.547. The van der Waals surface area contributed by atoms with Crippen molar-refractivity contribution in [2.45, 2.75) is 0 Å². The van der Waals surface area contributed by atoms with Gasteiger partial charge in [0.25, 0.3) is 0 Å². The van der Waals surface area contributed by atoms with Crippen molar-refractivity contribution in [2.75, 3.05) is 0 Å². The van der Waals surface area contributed by atoms with E-state index in [0.29, 0.717) is 11.6 Å². The summed E-state index contributed by atoms with van der Waals surface area (Å²) >= 11 is 0. The maximum Gasteiger partial charge on any atom is 0.197 e. The Hall–Kier alpha value is -1.58. The minimum Gasteiger partial charge on any atom is -0.440 e.